The van der Waals surface area contributed by atoms with Crippen molar-refractivity contribution in [3.63, 3.8) is 0 Å². The Labute approximate surface area is 173 Å². The number of carbonyl (C=O) groups excluding carboxylic acids is 1. The van der Waals surface area contributed by atoms with Crippen LogP contribution in [0.2, 0.25) is 0 Å². The largest absolute Gasteiger partial charge is 0.325 e. The lowest BCUT2D eigenvalue weighted by Crippen LogP contribution is -2.22. The first kappa shape index (κ1) is 20.9. The third-order valence-electron chi connectivity index (χ3n) is 3.95. The molecule has 0 aliphatic rings. The highest BCUT2D eigenvalue weighted by Crippen LogP contribution is 2.24. The minimum atomic E-state index is -3.82. The van der Waals surface area contributed by atoms with Gasteiger partial charge in [-0.1, -0.05) is 18.2 Å². The van der Waals surface area contributed by atoms with Crippen molar-refractivity contribution in [2.24, 2.45) is 0 Å². The summed E-state index contributed by atoms with van der Waals surface area (Å²) in [4.78, 5) is 13.4. The number of anilines is 2. The van der Waals surface area contributed by atoms with Crippen molar-refractivity contribution in [3.8, 4) is 0 Å². The fourth-order valence-electron chi connectivity index (χ4n) is 2.45. The Hall–Kier alpha value is -2.84. The van der Waals surface area contributed by atoms with Crippen LogP contribution in [0.3, 0.4) is 0 Å². The highest BCUT2D eigenvalue weighted by atomic mass is 32.2. The summed E-state index contributed by atoms with van der Waals surface area (Å²) in [6, 6.07) is 20.5. The molecule has 150 valence electrons. The molecule has 0 unspecified atom stereocenters. The number of benzene rings is 3. The van der Waals surface area contributed by atoms with E-state index < -0.39 is 15.8 Å². The van der Waals surface area contributed by atoms with E-state index in [1.165, 1.54) is 60.3 Å². The van der Waals surface area contributed by atoms with Gasteiger partial charge in [-0.3, -0.25) is 9.52 Å². The number of rotatable bonds is 7. The van der Waals surface area contributed by atoms with Crippen molar-refractivity contribution in [1.82, 2.24) is 0 Å². The molecule has 3 aromatic carbocycles. The molecule has 0 bridgehead atoms. The van der Waals surface area contributed by atoms with Gasteiger partial charge in [0.05, 0.1) is 10.1 Å². The maximum absolute atomic E-state index is 13.0. The van der Waals surface area contributed by atoms with Gasteiger partial charge in [0.15, 0.2) is 0 Å². The van der Waals surface area contributed by atoms with Crippen LogP contribution in [-0.2, 0) is 14.8 Å². The Bertz CT molecular complexity index is 1070. The van der Waals surface area contributed by atoms with Crippen LogP contribution >= 0.6 is 11.8 Å². The van der Waals surface area contributed by atoms with Crippen LogP contribution < -0.4 is 10.0 Å². The van der Waals surface area contributed by atoms with Gasteiger partial charge in [-0.25, -0.2) is 12.8 Å². The van der Waals surface area contributed by atoms with E-state index in [-0.39, 0.29) is 21.7 Å². The molecule has 1 amide bonds. The lowest BCUT2D eigenvalue weighted by molar-refractivity contribution is -0.115. The van der Waals surface area contributed by atoms with Gasteiger partial charge < -0.3 is 5.32 Å². The van der Waals surface area contributed by atoms with Crippen molar-refractivity contribution < 1.29 is 17.6 Å². The fraction of sp³-hybridized carbons (Fsp3) is 0.0952. The summed E-state index contributed by atoms with van der Waals surface area (Å²) in [6.07, 6.45) is 0. The molecule has 0 saturated heterocycles. The summed E-state index contributed by atoms with van der Waals surface area (Å²) in [6.45, 7) is 1.80. The van der Waals surface area contributed by atoms with E-state index in [9.17, 15) is 17.6 Å². The first-order valence-electron chi connectivity index (χ1n) is 8.74. The molecule has 3 aromatic rings. The summed E-state index contributed by atoms with van der Waals surface area (Å²) >= 11 is 1.44. The van der Waals surface area contributed by atoms with E-state index >= 15 is 0 Å². The molecule has 0 aliphatic carbocycles. The second-order valence-corrected chi connectivity index (χ2v) is 9.30. The van der Waals surface area contributed by atoms with E-state index in [4.69, 9.17) is 0 Å². The Kier molecular flexibility index (Phi) is 6.56. The monoisotopic (exact) mass is 430 g/mol. The fourth-order valence-corrected chi connectivity index (χ4v) is 4.40. The average Bonchev–Trinajstić information content (AvgIpc) is 2.71. The zero-order valence-electron chi connectivity index (χ0n) is 15.5. The van der Waals surface area contributed by atoms with Crippen molar-refractivity contribution in [1.29, 1.82) is 0 Å². The molecule has 1 atom stereocenters. The number of halogens is 1. The minimum Gasteiger partial charge on any atom is -0.325 e. The van der Waals surface area contributed by atoms with Gasteiger partial charge in [0, 0.05) is 16.3 Å². The molecule has 0 fully saturated rings. The Balaban J connectivity index is 1.63. The standard InChI is InChI=1S/C21H19FN2O3S2/c1-15(28-19-5-3-2-4-6-19)21(25)23-17-11-13-20(14-12-17)29(26,27)24-18-9-7-16(22)8-10-18/h2-15,24H,1H3,(H,23,25)/t15-/m0/s1. The van der Waals surface area contributed by atoms with Crippen LogP contribution in [0.25, 0.3) is 0 Å². The molecule has 29 heavy (non-hydrogen) atoms. The van der Waals surface area contributed by atoms with Gasteiger partial charge in [0.25, 0.3) is 10.0 Å². The predicted octanol–water partition coefficient (Wildman–Crippen LogP) is 4.75. The molecule has 8 heteroatoms. The minimum absolute atomic E-state index is 0.0338. The maximum Gasteiger partial charge on any atom is 0.261 e. The molecule has 0 aromatic heterocycles. The Morgan fingerprint density at radius 1 is 0.897 bits per heavy atom. The summed E-state index contributed by atoms with van der Waals surface area (Å²) in [5.74, 6) is -0.633. The zero-order valence-corrected chi connectivity index (χ0v) is 17.1. The molecular weight excluding hydrogens is 411 g/mol. The molecule has 2 N–H and O–H groups in total. The summed E-state index contributed by atoms with van der Waals surface area (Å²) < 4.78 is 40.2. The topological polar surface area (TPSA) is 75.3 Å². The maximum atomic E-state index is 13.0. The highest BCUT2D eigenvalue weighted by molar-refractivity contribution is 8.00. The summed E-state index contributed by atoms with van der Waals surface area (Å²) in [5.41, 5.74) is 0.756. The van der Waals surface area contributed by atoms with Crippen LogP contribution in [-0.4, -0.2) is 19.6 Å². The number of amides is 1. The van der Waals surface area contributed by atoms with Crippen LogP contribution in [0.5, 0.6) is 0 Å². The van der Waals surface area contributed by atoms with Gasteiger partial charge in [0.2, 0.25) is 5.91 Å². The number of hydrogen-bond donors (Lipinski definition) is 2. The second-order valence-electron chi connectivity index (χ2n) is 6.20. The van der Waals surface area contributed by atoms with Crippen molar-refractivity contribution in [2.75, 3.05) is 10.0 Å². The molecule has 3 rings (SSSR count). The lowest BCUT2D eigenvalue weighted by atomic mass is 10.3. The summed E-state index contributed by atoms with van der Waals surface area (Å²) in [5, 5.41) is 2.46. The molecular formula is C21H19FN2O3S2. The van der Waals surface area contributed by atoms with Crippen LogP contribution in [0.1, 0.15) is 6.92 Å². The van der Waals surface area contributed by atoms with Gasteiger partial charge in [-0.05, 0) is 67.6 Å². The quantitative estimate of drug-likeness (QED) is 0.531. The molecule has 0 saturated carbocycles. The molecule has 0 heterocycles. The predicted molar refractivity (Wildman–Crippen MR) is 114 cm³/mol. The number of nitrogens with one attached hydrogen (secondary N) is 2. The highest BCUT2D eigenvalue weighted by Gasteiger charge is 2.17. The zero-order chi connectivity index (χ0) is 20.9. The van der Waals surface area contributed by atoms with E-state index in [1.54, 1.807) is 6.92 Å². The smallest absolute Gasteiger partial charge is 0.261 e. The number of carbonyl (C=O) groups is 1. The summed E-state index contributed by atoms with van der Waals surface area (Å²) in [7, 11) is -3.82. The second kappa shape index (κ2) is 9.11. The van der Waals surface area contributed by atoms with Gasteiger partial charge in [-0.15, -0.1) is 11.8 Å². The van der Waals surface area contributed by atoms with Crippen molar-refractivity contribution in [2.45, 2.75) is 22.0 Å². The van der Waals surface area contributed by atoms with Gasteiger partial charge >= 0.3 is 0 Å². The first-order valence-corrected chi connectivity index (χ1v) is 11.1. The van der Waals surface area contributed by atoms with Gasteiger partial charge in [0.1, 0.15) is 5.82 Å². The first-order chi connectivity index (χ1) is 13.8. The Morgan fingerprint density at radius 2 is 1.48 bits per heavy atom. The Morgan fingerprint density at radius 3 is 2.10 bits per heavy atom. The third-order valence-corrected chi connectivity index (χ3v) is 6.46. The molecule has 5 nitrogen and oxygen atoms in total. The number of hydrogen-bond acceptors (Lipinski definition) is 4. The van der Waals surface area contributed by atoms with Crippen LogP contribution in [0, 0.1) is 5.82 Å². The average molecular weight is 431 g/mol. The van der Waals surface area contributed by atoms with E-state index in [0.29, 0.717) is 5.69 Å². The van der Waals surface area contributed by atoms with E-state index in [1.807, 2.05) is 30.3 Å². The third kappa shape index (κ3) is 5.82. The van der Waals surface area contributed by atoms with Crippen molar-refractivity contribution in [3.05, 3.63) is 84.7 Å². The van der Waals surface area contributed by atoms with Crippen molar-refractivity contribution >= 4 is 39.1 Å². The van der Waals surface area contributed by atoms with Gasteiger partial charge in [-0.2, -0.15) is 0 Å². The molecule has 0 radical (unpaired) electrons. The molecule has 0 spiro atoms. The number of thioether (sulfide) groups is 1. The van der Waals surface area contributed by atoms with Crippen LogP contribution in [0.4, 0.5) is 15.8 Å². The molecule has 0 aliphatic heterocycles. The van der Waals surface area contributed by atoms with E-state index in [2.05, 4.69) is 10.0 Å². The number of sulfonamides is 1. The van der Waals surface area contributed by atoms with E-state index in [0.717, 1.165) is 4.90 Å². The lowest BCUT2D eigenvalue weighted by Gasteiger charge is -2.13. The SMILES string of the molecule is C[C@H](Sc1ccccc1)C(=O)Nc1ccc(S(=O)(=O)Nc2ccc(F)cc2)cc1. The van der Waals surface area contributed by atoms with Crippen LogP contribution in [0.15, 0.2) is 88.7 Å². The normalized spacial score (nSPS) is 12.2.